The Morgan fingerprint density at radius 2 is 2.04 bits per heavy atom. The number of aliphatic hydroxyl groups is 1. The number of carbonyl (C=O) groups excluding carboxylic acids is 1. The van der Waals surface area contributed by atoms with Gasteiger partial charge < -0.3 is 15.2 Å². The molecule has 0 unspecified atom stereocenters. The quantitative estimate of drug-likeness (QED) is 0.902. The van der Waals surface area contributed by atoms with Gasteiger partial charge in [-0.25, -0.2) is 4.98 Å². The standard InChI is InChI=1S/C17H20N2O3S/c1-12-2-4-13(5-3-12)16-19-14(10-23-16)15(20)18-11-17(21)6-8-22-9-7-17/h2-5,10,21H,6-9,11H2,1H3,(H,18,20). The normalized spacial score (nSPS) is 17.0. The van der Waals surface area contributed by atoms with E-state index >= 15 is 0 Å². The summed E-state index contributed by atoms with van der Waals surface area (Å²) in [6.45, 7) is 3.32. The maximum absolute atomic E-state index is 12.2. The lowest BCUT2D eigenvalue weighted by atomic mass is 9.94. The molecule has 1 aliphatic rings. The van der Waals surface area contributed by atoms with Gasteiger partial charge in [-0.05, 0) is 6.92 Å². The van der Waals surface area contributed by atoms with Gasteiger partial charge in [-0.15, -0.1) is 11.3 Å². The lowest BCUT2D eigenvalue weighted by molar-refractivity contribution is -0.0605. The number of nitrogens with zero attached hydrogens (tertiary/aromatic N) is 1. The summed E-state index contributed by atoms with van der Waals surface area (Å²) in [4.78, 5) is 16.6. The van der Waals surface area contributed by atoms with Crippen LogP contribution in [0.1, 0.15) is 28.9 Å². The molecule has 2 aromatic rings. The van der Waals surface area contributed by atoms with Crippen molar-refractivity contribution in [1.82, 2.24) is 10.3 Å². The van der Waals surface area contributed by atoms with Crippen molar-refractivity contribution in [2.45, 2.75) is 25.4 Å². The molecule has 5 nitrogen and oxygen atoms in total. The topological polar surface area (TPSA) is 71.5 Å². The van der Waals surface area contributed by atoms with E-state index in [4.69, 9.17) is 4.74 Å². The minimum Gasteiger partial charge on any atom is -0.388 e. The van der Waals surface area contributed by atoms with Gasteiger partial charge in [-0.2, -0.15) is 0 Å². The van der Waals surface area contributed by atoms with Crippen LogP contribution in [0.5, 0.6) is 0 Å². The molecule has 0 atom stereocenters. The largest absolute Gasteiger partial charge is 0.388 e. The fourth-order valence-corrected chi connectivity index (χ4v) is 3.28. The Kier molecular flexibility index (Phi) is 4.75. The van der Waals surface area contributed by atoms with E-state index < -0.39 is 5.60 Å². The fourth-order valence-electron chi connectivity index (χ4n) is 2.47. The van der Waals surface area contributed by atoms with Gasteiger partial charge in [0, 0.05) is 43.5 Å². The number of benzene rings is 1. The lowest BCUT2D eigenvalue weighted by Crippen LogP contribution is -2.46. The summed E-state index contributed by atoms with van der Waals surface area (Å²) in [6, 6.07) is 8.05. The number of hydrogen-bond acceptors (Lipinski definition) is 5. The number of carbonyl (C=O) groups is 1. The second-order valence-corrected chi connectivity index (χ2v) is 6.78. The maximum Gasteiger partial charge on any atom is 0.270 e. The molecule has 2 heterocycles. The van der Waals surface area contributed by atoms with Gasteiger partial charge in [-0.3, -0.25) is 4.79 Å². The summed E-state index contributed by atoms with van der Waals surface area (Å²) >= 11 is 1.44. The lowest BCUT2D eigenvalue weighted by Gasteiger charge is -2.31. The summed E-state index contributed by atoms with van der Waals surface area (Å²) in [6.07, 6.45) is 1.08. The predicted molar refractivity (Wildman–Crippen MR) is 89.6 cm³/mol. The molecule has 2 N–H and O–H groups in total. The van der Waals surface area contributed by atoms with Crippen LogP contribution < -0.4 is 5.32 Å². The molecule has 6 heteroatoms. The number of thiazole rings is 1. The van der Waals surface area contributed by atoms with Crippen molar-refractivity contribution in [1.29, 1.82) is 0 Å². The summed E-state index contributed by atoms with van der Waals surface area (Å²) in [7, 11) is 0. The highest BCUT2D eigenvalue weighted by Crippen LogP contribution is 2.24. The summed E-state index contributed by atoms with van der Waals surface area (Å²) in [5.74, 6) is -0.250. The molecule has 0 saturated carbocycles. The first-order valence-electron chi connectivity index (χ1n) is 7.67. The third-order valence-electron chi connectivity index (χ3n) is 4.04. The van der Waals surface area contributed by atoms with Crippen LogP contribution in [0, 0.1) is 6.92 Å². The Morgan fingerprint density at radius 1 is 1.35 bits per heavy atom. The third-order valence-corrected chi connectivity index (χ3v) is 4.93. The van der Waals surface area contributed by atoms with Gasteiger partial charge in [0.15, 0.2) is 0 Å². The highest BCUT2D eigenvalue weighted by atomic mass is 32.1. The smallest absolute Gasteiger partial charge is 0.270 e. The zero-order valence-corrected chi connectivity index (χ0v) is 13.9. The van der Waals surface area contributed by atoms with E-state index in [2.05, 4.69) is 10.3 Å². The molecule has 1 saturated heterocycles. The third kappa shape index (κ3) is 3.96. The first-order valence-corrected chi connectivity index (χ1v) is 8.55. The van der Waals surface area contributed by atoms with Crippen molar-refractivity contribution in [3.63, 3.8) is 0 Å². The molecule has 23 heavy (non-hydrogen) atoms. The van der Waals surface area contributed by atoms with Crippen molar-refractivity contribution in [3.05, 3.63) is 40.9 Å². The zero-order chi connectivity index (χ0) is 16.3. The molecule has 1 aliphatic heterocycles. The molecule has 0 radical (unpaired) electrons. The van der Waals surface area contributed by atoms with Gasteiger partial charge in [0.1, 0.15) is 10.7 Å². The van der Waals surface area contributed by atoms with Gasteiger partial charge in [0.2, 0.25) is 0 Å². The second kappa shape index (κ2) is 6.78. The van der Waals surface area contributed by atoms with Crippen molar-refractivity contribution >= 4 is 17.2 Å². The summed E-state index contributed by atoms with van der Waals surface area (Å²) < 4.78 is 5.23. The number of aryl methyl sites for hydroxylation is 1. The van der Waals surface area contributed by atoms with Crippen LogP contribution in [0.3, 0.4) is 0 Å². The minimum absolute atomic E-state index is 0.229. The molecule has 1 fully saturated rings. The van der Waals surface area contributed by atoms with E-state index in [1.807, 2.05) is 31.2 Å². The molecular formula is C17H20N2O3S. The number of aromatic nitrogens is 1. The van der Waals surface area contributed by atoms with E-state index in [-0.39, 0.29) is 12.5 Å². The minimum atomic E-state index is -0.871. The fraction of sp³-hybridized carbons (Fsp3) is 0.412. The Bertz CT molecular complexity index is 675. The number of ether oxygens (including phenoxy) is 1. The van der Waals surface area contributed by atoms with Crippen molar-refractivity contribution in [3.8, 4) is 10.6 Å². The highest BCUT2D eigenvalue weighted by molar-refractivity contribution is 7.13. The van der Waals surface area contributed by atoms with Crippen molar-refractivity contribution in [2.75, 3.05) is 19.8 Å². The van der Waals surface area contributed by atoms with Crippen molar-refractivity contribution < 1.29 is 14.6 Å². The first-order chi connectivity index (χ1) is 11.1. The van der Waals surface area contributed by atoms with E-state index in [0.29, 0.717) is 31.7 Å². The molecule has 0 spiro atoms. The predicted octanol–water partition coefficient (Wildman–Crippen LogP) is 2.39. The number of rotatable bonds is 4. The van der Waals surface area contributed by atoms with Crippen molar-refractivity contribution in [2.24, 2.45) is 0 Å². The molecule has 1 amide bonds. The Balaban J connectivity index is 1.63. The Morgan fingerprint density at radius 3 is 2.74 bits per heavy atom. The van der Waals surface area contributed by atoms with Gasteiger partial charge in [0.25, 0.3) is 5.91 Å². The average Bonchev–Trinajstić information content (AvgIpc) is 3.04. The first kappa shape index (κ1) is 16.1. The van der Waals surface area contributed by atoms with Crippen LogP contribution in [-0.4, -0.2) is 41.4 Å². The molecular weight excluding hydrogens is 312 g/mol. The van der Waals surface area contributed by atoms with Crippen LogP contribution in [-0.2, 0) is 4.74 Å². The van der Waals surface area contributed by atoms with E-state index in [1.165, 1.54) is 16.9 Å². The van der Waals surface area contributed by atoms with Gasteiger partial charge in [-0.1, -0.05) is 29.8 Å². The molecule has 3 rings (SSSR count). The van der Waals surface area contributed by atoms with Crippen LogP contribution in [0.4, 0.5) is 0 Å². The number of nitrogens with one attached hydrogen (secondary N) is 1. The Labute approximate surface area is 139 Å². The van der Waals surface area contributed by atoms with E-state index in [1.54, 1.807) is 5.38 Å². The Hall–Kier alpha value is -1.76. The summed E-state index contributed by atoms with van der Waals surface area (Å²) in [5.41, 5.74) is 1.71. The molecule has 1 aromatic carbocycles. The molecule has 0 bridgehead atoms. The van der Waals surface area contributed by atoms with Crippen LogP contribution in [0.25, 0.3) is 10.6 Å². The molecule has 122 valence electrons. The van der Waals surface area contributed by atoms with Crippen LogP contribution in [0.2, 0.25) is 0 Å². The highest BCUT2D eigenvalue weighted by Gasteiger charge is 2.30. The zero-order valence-electron chi connectivity index (χ0n) is 13.0. The number of hydrogen-bond donors (Lipinski definition) is 2. The average molecular weight is 332 g/mol. The second-order valence-electron chi connectivity index (χ2n) is 5.92. The van der Waals surface area contributed by atoms with E-state index in [9.17, 15) is 9.90 Å². The van der Waals surface area contributed by atoms with Crippen LogP contribution >= 0.6 is 11.3 Å². The maximum atomic E-state index is 12.2. The van der Waals surface area contributed by atoms with Crippen LogP contribution in [0.15, 0.2) is 29.6 Å². The summed E-state index contributed by atoms with van der Waals surface area (Å²) in [5, 5.41) is 15.7. The monoisotopic (exact) mass is 332 g/mol. The number of amides is 1. The van der Waals surface area contributed by atoms with Gasteiger partial charge >= 0.3 is 0 Å². The molecule has 1 aromatic heterocycles. The van der Waals surface area contributed by atoms with Gasteiger partial charge in [0.05, 0.1) is 5.60 Å². The van der Waals surface area contributed by atoms with E-state index in [0.717, 1.165) is 10.6 Å². The molecule has 0 aliphatic carbocycles. The SMILES string of the molecule is Cc1ccc(-c2nc(C(=O)NCC3(O)CCOCC3)cs2)cc1.